The summed E-state index contributed by atoms with van der Waals surface area (Å²) in [7, 11) is 0. The van der Waals surface area contributed by atoms with E-state index in [1.807, 2.05) is 0 Å². The first-order valence-electron chi connectivity index (χ1n) is 9.64. The van der Waals surface area contributed by atoms with Crippen molar-refractivity contribution in [2.45, 2.75) is 44.5 Å². The number of amidine groups is 1. The Morgan fingerprint density at radius 3 is 2.77 bits per heavy atom. The molecule has 1 saturated carbocycles. The maximum Gasteiger partial charge on any atom is 0.283 e. The van der Waals surface area contributed by atoms with Gasteiger partial charge >= 0.3 is 0 Å². The van der Waals surface area contributed by atoms with Crippen molar-refractivity contribution < 1.29 is 27.1 Å². The van der Waals surface area contributed by atoms with Gasteiger partial charge in [-0.25, -0.2) is 22.6 Å². The van der Waals surface area contributed by atoms with Crippen molar-refractivity contribution in [3.8, 4) is 0 Å². The highest BCUT2D eigenvalue weighted by Crippen LogP contribution is 2.56. The molecule has 2 aromatic carbocycles. The van der Waals surface area contributed by atoms with Crippen molar-refractivity contribution in [3.63, 3.8) is 0 Å². The lowest BCUT2D eigenvalue weighted by Crippen LogP contribution is -2.43. The molecule has 4 nitrogen and oxygen atoms in total. The molecule has 0 radical (unpaired) electrons. The molecule has 1 fully saturated rings. The molecule has 164 valence electrons. The predicted molar refractivity (Wildman–Crippen MR) is 108 cm³/mol. The molecule has 0 unspecified atom stereocenters. The van der Waals surface area contributed by atoms with Gasteiger partial charge in [0, 0.05) is 28.5 Å². The molecule has 9 heteroatoms. The zero-order chi connectivity index (χ0) is 22.5. The van der Waals surface area contributed by atoms with Crippen molar-refractivity contribution in [1.29, 1.82) is 0 Å². The summed E-state index contributed by atoms with van der Waals surface area (Å²) in [5, 5.41) is 0.289. The molecule has 0 spiro atoms. The Hall–Kier alpha value is -2.61. The Bertz CT molecular complexity index is 1090. The van der Waals surface area contributed by atoms with Crippen molar-refractivity contribution in [2.75, 3.05) is 0 Å². The number of benzene rings is 2. The van der Waals surface area contributed by atoms with Gasteiger partial charge < -0.3 is 10.5 Å². The summed E-state index contributed by atoms with van der Waals surface area (Å²) in [4.78, 5) is 16.7. The number of hydrogen-bond donors (Lipinski definition) is 1. The van der Waals surface area contributed by atoms with E-state index in [4.69, 9.17) is 22.1 Å². The number of hydrogen-bond acceptors (Lipinski definition) is 4. The number of ketones is 1. The minimum absolute atomic E-state index is 0.0969. The van der Waals surface area contributed by atoms with Crippen LogP contribution in [0.5, 0.6) is 0 Å². The van der Waals surface area contributed by atoms with E-state index >= 15 is 4.39 Å². The van der Waals surface area contributed by atoms with Crippen LogP contribution in [-0.4, -0.2) is 24.3 Å². The summed E-state index contributed by atoms with van der Waals surface area (Å²) in [6, 6.07) is 6.47. The number of halogens is 5. The summed E-state index contributed by atoms with van der Waals surface area (Å²) in [5.74, 6) is -1.97. The molecule has 31 heavy (non-hydrogen) atoms. The molecule has 1 aliphatic heterocycles. The molecule has 1 heterocycles. The summed E-state index contributed by atoms with van der Waals surface area (Å²) in [5.41, 5.74) is 3.79. The lowest BCUT2D eigenvalue weighted by atomic mass is 9.82. The van der Waals surface area contributed by atoms with Gasteiger partial charge in [0.15, 0.2) is 11.3 Å². The third-order valence-electron chi connectivity index (χ3n) is 5.82. The van der Waals surface area contributed by atoms with Crippen LogP contribution in [0.4, 0.5) is 17.6 Å². The third kappa shape index (κ3) is 3.67. The molecule has 4 rings (SSSR count). The van der Waals surface area contributed by atoms with Gasteiger partial charge in [-0.15, -0.1) is 0 Å². The monoisotopic (exact) mass is 454 g/mol. The first-order valence-corrected chi connectivity index (χ1v) is 10.0. The number of aryl methyl sites for hydroxylation is 1. The molecule has 0 aromatic heterocycles. The number of Topliss-reactive ketones (excluding diaryl/α,β-unsaturated/α-hetero) is 1. The van der Waals surface area contributed by atoms with Gasteiger partial charge in [0.05, 0.1) is 0 Å². The molecular weight excluding hydrogens is 436 g/mol. The first-order chi connectivity index (χ1) is 14.7. The number of ether oxygens (including phenoxy) is 1. The smallest absolute Gasteiger partial charge is 0.283 e. The average Bonchev–Trinajstić information content (AvgIpc) is 3.49. The second-order valence-electron chi connectivity index (χ2n) is 7.88. The molecule has 2 aliphatic rings. The highest BCUT2D eigenvalue weighted by molar-refractivity contribution is 6.30. The maximum atomic E-state index is 15.1. The van der Waals surface area contributed by atoms with E-state index in [0.29, 0.717) is 5.56 Å². The number of fused-ring (bicyclic) bond motifs is 1. The number of carbonyl (C=O) groups is 1. The van der Waals surface area contributed by atoms with Crippen LogP contribution in [0.2, 0.25) is 5.02 Å². The molecule has 0 bridgehead atoms. The summed E-state index contributed by atoms with van der Waals surface area (Å²) in [6.07, 6.45) is -3.52. The maximum absolute atomic E-state index is 15.1. The topological polar surface area (TPSA) is 64.7 Å². The Morgan fingerprint density at radius 1 is 1.35 bits per heavy atom. The second kappa shape index (κ2) is 7.82. The van der Waals surface area contributed by atoms with E-state index in [1.54, 1.807) is 0 Å². The van der Waals surface area contributed by atoms with E-state index in [9.17, 15) is 18.0 Å². The highest BCUT2D eigenvalue weighted by atomic mass is 35.5. The Kier molecular flexibility index (Phi) is 5.45. The van der Waals surface area contributed by atoms with Gasteiger partial charge in [0.2, 0.25) is 0 Å². The minimum atomic E-state index is -3.03. The van der Waals surface area contributed by atoms with E-state index in [2.05, 4.69) is 4.99 Å². The number of nitrogens with two attached hydrogens (primary N) is 1. The molecule has 2 N–H and O–H groups in total. The van der Waals surface area contributed by atoms with E-state index < -0.39 is 48.3 Å². The van der Waals surface area contributed by atoms with Gasteiger partial charge in [-0.2, -0.15) is 0 Å². The number of aliphatic imine (C=N–C) groups is 1. The average molecular weight is 455 g/mol. The van der Waals surface area contributed by atoms with Crippen molar-refractivity contribution in [3.05, 3.63) is 69.0 Å². The molecule has 0 saturated heterocycles. The summed E-state index contributed by atoms with van der Waals surface area (Å²) in [6.45, 7) is 0.541. The fourth-order valence-electron chi connectivity index (χ4n) is 4.26. The van der Waals surface area contributed by atoms with Crippen LogP contribution in [0.25, 0.3) is 0 Å². The van der Waals surface area contributed by atoms with Gasteiger partial charge in [0.25, 0.3) is 12.4 Å². The standard InChI is InChI=1S/C22H19ClF4N2O2/c1-10-4-11(6-17(30)14-3-2-13(23)7-12(14)9-24)5-16(19(10)25)22(20(26)27)15-8-18(15)31-21(28)29-22/h2-5,7,15,18,20H,6,8-9H2,1H3,(H2,28,29)/t15-,18+,22-/m0/s1. The van der Waals surface area contributed by atoms with Crippen LogP contribution < -0.4 is 5.73 Å². The quantitative estimate of drug-likeness (QED) is 0.500. The second-order valence-corrected chi connectivity index (χ2v) is 8.32. The van der Waals surface area contributed by atoms with Crippen LogP contribution in [0.15, 0.2) is 35.3 Å². The number of alkyl halides is 3. The van der Waals surface area contributed by atoms with Gasteiger partial charge in [-0.3, -0.25) is 4.79 Å². The minimum Gasteiger partial charge on any atom is -0.462 e. The highest BCUT2D eigenvalue weighted by Gasteiger charge is 2.64. The van der Waals surface area contributed by atoms with Crippen LogP contribution >= 0.6 is 11.6 Å². The molecule has 0 amide bonds. The predicted octanol–water partition coefficient (Wildman–Crippen LogP) is 4.88. The molecule has 3 atom stereocenters. The van der Waals surface area contributed by atoms with Crippen LogP contribution in [-0.2, 0) is 23.4 Å². The largest absolute Gasteiger partial charge is 0.462 e. The first kappa shape index (κ1) is 21.6. The van der Waals surface area contributed by atoms with Gasteiger partial charge in [-0.05, 0) is 54.3 Å². The van der Waals surface area contributed by atoms with Crippen molar-refractivity contribution >= 4 is 23.4 Å². The normalized spacial score (nSPS) is 24.4. The Balaban J connectivity index is 1.76. The van der Waals surface area contributed by atoms with E-state index in [-0.39, 0.29) is 40.1 Å². The van der Waals surface area contributed by atoms with Gasteiger partial charge in [-0.1, -0.05) is 17.7 Å². The lowest BCUT2D eigenvalue weighted by molar-refractivity contribution is 0.0175. The zero-order valence-electron chi connectivity index (χ0n) is 16.5. The van der Waals surface area contributed by atoms with Crippen molar-refractivity contribution in [2.24, 2.45) is 16.6 Å². The fourth-order valence-corrected chi connectivity index (χ4v) is 4.46. The van der Waals surface area contributed by atoms with E-state index in [1.165, 1.54) is 37.3 Å². The van der Waals surface area contributed by atoms with Crippen LogP contribution in [0.1, 0.15) is 39.0 Å². The molecule has 1 aliphatic carbocycles. The number of nitrogens with zero attached hydrogens (tertiary/aromatic N) is 1. The number of carbonyl (C=O) groups excluding carboxylic acids is 1. The number of rotatable bonds is 6. The van der Waals surface area contributed by atoms with Crippen LogP contribution in [0.3, 0.4) is 0 Å². The van der Waals surface area contributed by atoms with E-state index in [0.717, 1.165) is 0 Å². The summed E-state index contributed by atoms with van der Waals surface area (Å²) < 4.78 is 62.3. The van der Waals surface area contributed by atoms with Crippen molar-refractivity contribution in [1.82, 2.24) is 0 Å². The summed E-state index contributed by atoms with van der Waals surface area (Å²) >= 11 is 5.86. The zero-order valence-corrected chi connectivity index (χ0v) is 17.2. The lowest BCUT2D eigenvalue weighted by Gasteiger charge is -2.33. The fraction of sp³-hybridized carbons (Fsp3) is 0.364. The Morgan fingerprint density at radius 2 is 2.10 bits per heavy atom. The molecular formula is C22H19ClF4N2O2. The molecule has 2 aromatic rings. The SMILES string of the molecule is Cc1cc(CC(=O)c2ccc(Cl)cc2CF)cc([C@@]2(C(F)F)N=C(N)O[C@@H]3C[C@@H]32)c1F. The Labute approximate surface area is 181 Å². The van der Waals surface area contributed by atoms with Gasteiger partial charge in [0.1, 0.15) is 18.6 Å². The third-order valence-corrected chi connectivity index (χ3v) is 6.05. The van der Waals surface area contributed by atoms with Crippen LogP contribution in [0, 0.1) is 18.7 Å².